The van der Waals surface area contributed by atoms with Gasteiger partial charge in [0.25, 0.3) is 0 Å². The number of aromatic nitrogens is 2. The molecule has 0 fully saturated rings. The number of benzene rings is 1. The number of hydrazine groups is 1. The number of halogens is 1. The summed E-state index contributed by atoms with van der Waals surface area (Å²) in [7, 11) is 3.39. The molecule has 1 aromatic carbocycles. The second-order valence-corrected chi connectivity index (χ2v) is 4.88. The molecule has 1 heterocycles. The molecule has 0 amide bonds. The van der Waals surface area contributed by atoms with Gasteiger partial charge in [0.05, 0.1) is 18.8 Å². The van der Waals surface area contributed by atoms with Gasteiger partial charge in [0, 0.05) is 24.7 Å². The predicted molar refractivity (Wildman–Crippen MR) is 79.3 cm³/mol. The number of rotatable bonds is 6. The second kappa shape index (κ2) is 6.69. The summed E-state index contributed by atoms with van der Waals surface area (Å²) in [5, 5.41) is 4.40. The van der Waals surface area contributed by atoms with Gasteiger partial charge in [-0.15, -0.1) is 0 Å². The van der Waals surface area contributed by atoms with Crippen molar-refractivity contribution in [1.29, 1.82) is 0 Å². The van der Waals surface area contributed by atoms with Crippen LogP contribution in [-0.4, -0.2) is 16.9 Å². The van der Waals surface area contributed by atoms with Crippen LogP contribution in [0.1, 0.15) is 29.9 Å². The summed E-state index contributed by atoms with van der Waals surface area (Å²) in [6.45, 7) is 2.05. The molecule has 3 N–H and O–H groups in total. The lowest BCUT2D eigenvalue weighted by molar-refractivity contribution is 0.389. The van der Waals surface area contributed by atoms with Crippen molar-refractivity contribution in [1.82, 2.24) is 15.2 Å². The van der Waals surface area contributed by atoms with Crippen LogP contribution in [0.25, 0.3) is 0 Å². The van der Waals surface area contributed by atoms with Crippen molar-refractivity contribution in [3.8, 4) is 5.75 Å². The maximum absolute atomic E-state index is 14.2. The first-order valence-corrected chi connectivity index (χ1v) is 6.91. The Morgan fingerprint density at radius 2 is 2.24 bits per heavy atom. The zero-order valence-corrected chi connectivity index (χ0v) is 12.6. The summed E-state index contributed by atoms with van der Waals surface area (Å²) < 4.78 is 21.2. The Labute approximate surface area is 123 Å². The van der Waals surface area contributed by atoms with E-state index in [0.717, 1.165) is 17.8 Å². The van der Waals surface area contributed by atoms with Gasteiger partial charge in [-0.05, 0) is 24.6 Å². The van der Waals surface area contributed by atoms with Crippen LogP contribution in [0.4, 0.5) is 4.39 Å². The molecule has 0 aliphatic heterocycles. The van der Waals surface area contributed by atoms with Gasteiger partial charge >= 0.3 is 0 Å². The first-order valence-electron chi connectivity index (χ1n) is 6.91. The SMILES string of the molecule is CCc1cc(CC(NN)c2c(F)cccc2OC)n(C)n1. The van der Waals surface area contributed by atoms with Crippen LogP contribution < -0.4 is 16.0 Å². The second-order valence-electron chi connectivity index (χ2n) is 4.88. The molecule has 0 aliphatic carbocycles. The smallest absolute Gasteiger partial charge is 0.131 e. The molecule has 114 valence electrons. The topological polar surface area (TPSA) is 65.1 Å². The normalized spacial score (nSPS) is 12.4. The maximum atomic E-state index is 14.2. The Balaban J connectivity index is 2.34. The summed E-state index contributed by atoms with van der Waals surface area (Å²) in [5.74, 6) is 5.78. The highest BCUT2D eigenvalue weighted by molar-refractivity contribution is 5.38. The van der Waals surface area contributed by atoms with Gasteiger partial charge < -0.3 is 4.74 Å². The van der Waals surface area contributed by atoms with Crippen LogP contribution in [0.15, 0.2) is 24.3 Å². The van der Waals surface area contributed by atoms with Gasteiger partial charge in [-0.25, -0.2) is 4.39 Å². The highest BCUT2D eigenvalue weighted by atomic mass is 19.1. The van der Waals surface area contributed by atoms with E-state index in [1.165, 1.54) is 13.2 Å². The average molecular weight is 292 g/mol. The van der Waals surface area contributed by atoms with Crippen LogP contribution in [0.2, 0.25) is 0 Å². The maximum Gasteiger partial charge on any atom is 0.131 e. The lowest BCUT2D eigenvalue weighted by Crippen LogP contribution is -2.31. The highest BCUT2D eigenvalue weighted by Gasteiger charge is 2.21. The molecule has 0 radical (unpaired) electrons. The summed E-state index contributed by atoms with van der Waals surface area (Å²) >= 11 is 0. The van der Waals surface area contributed by atoms with E-state index < -0.39 is 0 Å². The minimum Gasteiger partial charge on any atom is -0.496 e. The molecule has 2 rings (SSSR count). The van der Waals surface area contributed by atoms with Crippen LogP contribution >= 0.6 is 0 Å². The first-order chi connectivity index (χ1) is 10.1. The third-order valence-electron chi connectivity index (χ3n) is 3.59. The molecule has 1 atom stereocenters. The molecule has 0 aliphatic rings. The van der Waals surface area contributed by atoms with Gasteiger partial charge in [0.2, 0.25) is 0 Å². The molecule has 2 aromatic rings. The molecule has 5 nitrogen and oxygen atoms in total. The van der Waals surface area contributed by atoms with Gasteiger partial charge in [0.1, 0.15) is 11.6 Å². The Bertz CT molecular complexity index is 612. The number of methoxy groups -OCH3 is 1. The van der Waals surface area contributed by atoms with Crippen molar-refractivity contribution in [2.45, 2.75) is 25.8 Å². The molecule has 0 saturated carbocycles. The van der Waals surface area contributed by atoms with Crippen LogP contribution in [-0.2, 0) is 19.9 Å². The summed E-state index contributed by atoms with van der Waals surface area (Å²) in [5.41, 5.74) is 5.10. The summed E-state index contributed by atoms with van der Waals surface area (Å²) in [4.78, 5) is 0. The lowest BCUT2D eigenvalue weighted by atomic mass is 10.0. The molecule has 1 unspecified atom stereocenters. The van der Waals surface area contributed by atoms with E-state index in [9.17, 15) is 4.39 Å². The fourth-order valence-electron chi connectivity index (χ4n) is 2.42. The van der Waals surface area contributed by atoms with E-state index in [0.29, 0.717) is 17.7 Å². The van der Waals surface area contributed by atoms with Crippen molar-refractivity contribution in [3.63, 3.8) is 0 Å². The van der Waals surface area contributed by atoms with E-state index in [1.807, 2.05) is 20.0 Å². The first kappa shape index (κ1) is 15.5. The van der Waals surface area contributed by atoms with Gasteiger partial charge in [-0.2, -0.15) is 5.10 Å². The lowest BCUT2D eigenvalue weighted by Gasteiger charge is -2.19. The average Bonchev–Trinajstić information content (AvgIpc) is 2.85. The highest BCUT2D eigenvalue weighted by Crippen LogP contribution is 2.29. The molecule has 21 heavy (non-hydrogen) atoms. The molecular weight excluding hydrogens is 271 g/mol. The van der Waals surface area contributed by atoms with Crippen molar-refractivity contribution >= 4 is 0 Å². The number of ether oxygens (including phenoxy) is 1. The van der Waals surface area contributed by atoms with E-state index in [-0.39, 0.29) is 11.9 Å². The number of hydrogen-bond donors (Lipinski definition) is 2. The van der Waals surface area contributed by atoms with Crippen molar-refractivity contribution < 1.29 is 9.13 Å². The van der Waals surface area contributed by atoms with E-state index >= 15 is 0 Å². The van der Waals surface area contributed by atoms with Gasteiger partial charge in [-0.3, -0.25) is 16.0 Å². The minimum absolute atomic E-state index is 0.338. The van der Waals surface area contributed by atoms with E-state index in [1.54, 1.807) is 16.8 Å². The van der Waals surface area contributed by atoms with E-state index in [4.69, 9.17) is 10.6 Å². The number of hydrogen-bond acceptors (Lipinski definition) is 4. The van der Waals surface area contributed by atoms with Crippen molar-refractivity contribution in [2.24, 2.45) is 12.9 Å². The van der Waals surface area contributed by atoms with Crippen LogP contribution in [0.3, 0.4) is 0 Å². The monoisotopic (exact) mass is 292 g/mol. The largest absolute Gasteiger partial charge is 0.496 e. The van der Waals surface area contributed by atoms with Crippen molar-refractivity contribution in [2.75, 3.05) is 7.11 Å². The number of nitrogens with one attached hydrogen (secondary N) is 1. The number of nitrogens with zero attached hydrogens (tertiary/aromatic N) is 2. The Hall–Kier alpha value is -1.92. The minimum atomic E-state index is -0.388. The summed E-state index contributed by atoms with van der Waals surface area (Å²) in [6, 6.07) is 6.37. The van der Waals surface area contributed by atoms with Crippen LogP contribution in [0, 0.1) is 5.82 Å². The van der Waals surface area contributed by atoms with Crippen LogP contribution in [0.5, 0.6) is 5.75 Å². The zero-order valence-electron chi connectivity index (χ0n) is 12.6. The fraction of sp³-hybridized carbons (Fsp3) is 0.400. The Morgan fingerprint density at radius 1 is 1.48 bits per heavy atom. The molecule has 0 spiro atoms. The quantitative estimate of drug-likeness (QED) is 0.630. The Morgan fingerprint density at radius 3 is 2.81 bits per heavy atom. The third-order valence-corrected chi connectivity index (χ3v) is 3.59. The predicted octanol–water partition coefficient (Wildman–Crippen LogP) is 1.88. The zero-order chi connectivity index (χ0) is 15.4. The molecule has 1 aromatic heterocycles. The molecule has 6 heteroatoms. The van der Waals surface area contributed by atoms with E-state index in [2.05, 4.69) is 10.5 Å². The molecule has 0 bridgehead atoms. The third kappa shape index (κ3) is 3.22. The van der Waals surface area contributed by atoms with Gasteiger partial charge in [0.15, 0.2) is 0 Å². The number of aryl methyl sites for hydroxylation is 2. The summed E-state index contributed by atoms with van der Waals surface area (Å²) in [6.07, 6.45) is 1.38. The molecular formula is C15H21FN4O. The standard InChI is InChI=1S/C15H21FN4O/c1-4-10-8-11(20(2)19-10)9-13(18-17)15-12(16)6-5-7-14(15)21-3/h5-8,13,18H,4,9,17H2,1-3H3. The van der Waals surface area contributed by atoms with Gasteiger partial charge in [-0.1, -0.05) is 13.0 Å². The fourth-order valence-corrected chi connectivity index (χ4v) is 2.42. The molecule has 0 saturated heterocycles. The number of nitrogens with two attached hydrogens (primary N) is 1. The Kier molecular flexibility index (Phi) is 4.93. The van der Waals surface area contributed by atoms with Crippen molar-refractivity contribution in [3.05, 3.63) is 47.0 Å².